The fourth-order valence-corrected chi connectivity index (χ4v) is 8.55. The minimum atomic E-state index is 0.927. The Kier molecular flexibility index (Phi) is 5.78. The van der Waals surface area contributed by atoms with E-state index in [4.69, 9.17) is 4.42 Å². The Bertz CT molecular complexity index is 2800. The molecule has 3 heteroatoms. The maximum Gasteiger partial charge on any atom is 0.143 e. The van der Waals surface area contributed by atoms with E-state index in [0.717, 1.165) is 39.0 Å². The zero-order chi connectivity index (χ0) is 30.9. The Labute approximate surface area is 275 Å². The average Bonchev–Trinajstić information content (AvgIpc) is 3.71. The first-order valence-corrected chi connectivity index (χ1v) is 16.7. The first kappa shape index (κ1) is 26.3. The van der Waals surface area contributed by atoms with Crippen molar-refractivity contribution in [1.29, 1.82) is 0 Å². The second-order valence-corrected chi connectivity index (χ2v) is 13.1. The lowest BCUT2D eigenvalue weighted by molar-refractivity contribution is 0.673. The molecule has 0 saturated heterocycles. The molecular weight excluding hydrogens is 591 g/mol. The van der Waals surface area contributed by atoms with Crippen molar-refractivity contribution in [1.82, 2.24) is 0 Å². The lowest BCUT2D eigenvalue weighted by Crippen LogP contribution is -2.10. The van der Waals surface area contributed by atoms with Crippen LogP contribution >= 0.6 is 11.3 Å². The van der Waals surface area contributed by atoms with Gasteiger partial charge in [0.25, 0.3) is 0 Å². The number of para-hydroxylation sites is 1. The number of benzene rings is 8. The molecule has 220 valence electrons. The second kappa shape index (κ2) is 10.3. The van der Waals surface area contributed by atoms with Crippen LogP contribution in [-0.2, 0) is 0 Å². The zero-order valence-corrected chi connectivity index (χ0v) is 26.2. The van der Waals surface area contributed by atoms with Gasteiger partial charge in [0.1, 0.15) is 11.2 Å². The number of furan rings is 1. The van der Waals surface area contributed by atoms with Crippen LogP contribution in [-0.4, -0.2) is 0 Å². The van der Waals surface area contributed by atoms with Gasteiger partial charge in [-0.15, -0.1) is 11.3 Å². The third-order valence-electron chi connectivity index (χ3n) is 9.43. The lowest BCUT2D eigenvalue weighted by atomic mass is 9.97. The summed E-state index contributed by atoms with van der Waals surface area (Å²) in [6, 6.07) is 58.9. The van der Waals surface area contributed by atoms with Crippen molar-refractivity contribution in [2.45, 2.75) is 0 Å². The largest absolute Gasteiger partial charge is 0.455 e. The molecule has 0 bridgehead atoms. The van der Waals surface area contributed by atoms with Crippen molar-refractivity contribution in [2.24, 2.45) is 0 Å². The highest BCUT2D eigenvalue weighted by molar-refractivity contribution is 7.26. The summed E-state index contributed by atoms with van der Waals surface area (Å²) in [5.74, 6) is 0. The van der Waals surface area contributed by atoms with E-state index in [0.29, 0.717) is 0 Å². The molecule has 0 amide bonds. The van der Waals surface area contributed by atoms with Gasteiger partial charge < -0.3 is 9.32 Å². The molecule has 0 atom stereocenters. The van der Waals surface area contributed by atoms with Crippen LogP contribution in [0.3, 0.4) is 0 Å². The molecule has 0 unspecified atom stereocenters. The number of thiophene rings is 1. The van der Waals surface area contributed by atoms with Gasteiger partial charge in [0.05, 0.1) is 10.4 Å². The molecule has 0 fully saturated rings. The van der Waals surface area contributed by atoms with Gasteiger partial charge in [0.15, 0.2) is 0 Å². The van der Waals surface area contributed by atoms with E-state index in [-0.39, 0.29) is 0 Å². The van der Waals surface area contributed by atoms with Crippen molar-refractivity contribution >= 4 is 92.1 Å². The fraction of sp³-hybridized carbons (Fsp3) is 0. The minimum Gasteiger partial charge on any atom is -0.455 e. The molecule has 0 N–H and O–H groups in total. The monoisotopic (exact) mass is 617 g/mol. The average molecular weight is 618 g/mol. The van der Waals surface area contributed by atoms with Crippen LogP contribution in [0.1, 0.15) is 0 Å². The SMILES string of the molecule is c1ccc(N(c2cccc(-c3cccc4ccccc34)c2)c2cccc3c2sc2ccc4oc5c6ccccc6ccc5c4c23)cc1. The number of rotatable bonds is 4. The van der Waals surface area contributed by atoms with Gasteiger partial charge in [-0.2, -0.15) is 0 Å². The van der Waals surface area contributed by atoms with E-state index >= 15 is 0 Å². The van der Waals surface area contributed by atoms with Crippen molar-refractivity contribution < 1.29 is 4.42 Å². The highest BCUT2D eigenvalue weighted by atomic mass is 32.1. The molecule has 2 nitrogen and oxygen atoms in total. The van der Waals surface area contributed by atoms with Crippen molar-refractivity contribution in [3.05, 3.63) is 164 Å². The summed E-state index contributed by atoms with van der Waals surface area (Å²) in [7, 11) is 0. The van der Waals surface area contributed by atoms with Gasteiger partial charge in [0.2, 0.25) is 0 Å². The summed E-state index contributed by atoms with van der Waals surface area (Å²) in [5.41, 5.74) is 7.72. The van der Waals surface area contributed by atoms with Gasteiger partial charge >= 0.3 is 0 Å². The third kappa shape index (κ3) is 4.04. The lowest BCUT2D eigenvalue weighted by Gasteiger charge is -2.26. The summed E-state index contributed by atoms with van der Waals surface area (Å²) < 4.78 is 9.10. The Morgan fingerprint density at radius 1 is 0.468 bits per heavy atom. The number of hydrogen-bond acceptors (Lipinski definition) is 3. The number of fused-ring (bicyclic) bond motifs is 10. The minimum absolute atomic E-state index is 0.927. The van der Waals surface area contributed by atoms with Crippen LogP contribution in [0.5, 0.6) is 0 Å². The van der Waals surface area contributed by atoms with Gasteiger partial charge in [0, 0.05) is 43.0 Å². The second-order valence-electron chi connectivity index (χ2n) is 12.1. The smallest absolute Gasteiger partial charge is 0.143 e. The summed E-state index contributed by atoms with van der Waals surface area (Å²) in [4.78, 5) is 2.41. The van der Waals surface area contributed by atoms with E-state index in [2.05, 4.69) is 169 Å². The van der Waals surface area contributed by atoms with E-state index in [1.165, 1.54) is 52.8 Å². The van der Waals surface area contributed by atoms with Crippen LogP contribution in [0.25, 0.3) is 74.8 Å². The van der Waals surface area contributed by atoms with Crippen LogP contribution in [0.2, 0.25) is 0 Å². The number of hydrogen-bond donors (Lipinski definition) is 0. The highest BCUT2D eigenvalue weighted by Crippen LogP contribution is 2.49. The van der Waals surface area contributed by atoms with E-state index in [9.17, 15) is 0 Å². The van der Waals surface area contributed by atoms with Crippen LogP contribution in [0.15, 0.2) is 168 Å². The standard InChI is InChI=1S/C44H27NOS/c1-2-15-31(16-3-1)45(32-17-8-14-30(27-32)34-20-9-13-28-11-4-6-18-33(28)34)38-22-10-21-37-42-40(47-44(37)38)26-25-39-41(42)36-24-23-29-12-5-7-19-35(29)43(36)46-39/h1-27H. The van der Waals surface area contributed by atoms with Gasteiger partial charge in [-0.1, -0.05) is 115 Å². The molecule has 10 aromatic rings. The number of nitrogens with zero attached hydrogens (tertiary/aromatic N) is 1. The Morgan fingerprint density at radius 2 is 1.17 bits per heavy atom. The molecule has 0 aliphatic carbocycles. The maximum atomic E-state index is 6.59. The molecule has 0 radical (unpaired) electrons. The normalized spacial score (nSPS) is 11.8. The first-order valence-electron chi connectivity index (χ1n) is 15.9. The summed E-state index contributed by atoms with van der Waals surface area (Å²) in [6.07, 6.45) is 0. The van der Waals surface area contributed by atoms with Gasteiger partial charge in [-0.25, -0.2) is 0 Å². The van der Waals surface area contributed by atoms with Crippen LogP contribution in [0.4, 0.5) is 17.1 Å². The molecular formula is C44H27NOS. The fourth-order valence-electron chi connectivity index (χ4n) is 7.34. The third-order valence-corrected chi connectivity index (χ3v) is 10.6. The summed E-state index contributed by atoms with van der Waals surface area (Å²) in [6.45, 7) is 0. The zero-order valence-electron chi connectivity index (χ0n) is 25.4. The molecule has 0 saturated carbocycles. The predicted molar refractivity (Wildman–Crippen MR) is 202 cm³/mol. The molecule has 0 aliphatic heterocycles. The van der Waals surface area contributed by atoms with Crippen molar-refractivity contribution in [2.75, 3.05) is 4.90 Å². The maximum absolute atomic E-state index is 6.59. The Hall–Kier alpha value is -5.90. The molecule has 47 heavy (non-hydrogen) atoms. The van der Waals surface area contributed by atoms with Crippen molar-refractivity contribution in [3.8, 4) is 11.1 Å². The van der Waals surface area contributed by atoms with E-state index in [1.54, 1.807) is 0 Å². The van der Waals surface area contributed by atoms with E-state index in [1.807, 2.05) is 11.3 Å². The van der Waals surface area contributed by atoms with Crippen LogP contribution < -0.4 is 4.90 Å². The molecule has 2 aromatic heterocycles. The summed E-state index contributed by atoms with van der Waals surface area (Å²) in [5, 5.41) is 9.71. The Morgan fingerprint density at radius 3 is 2.06 bits per heavy atom. The summed E-state index contributed by atoms with van der Waals surface area (Å²) >= 11 is 1.86. The Balaban J connectivity index is 1.23. The predicted octanol–water partition coefficient (Wildman–Crippen LogP) is 13.4. The number of anilines is 3. The molecule has 8 aromatic carbocycles. The quantitative estimate of drug-likeness (QED) is 0.195. The highest BCUT2D eigenvalue weighted by Gasteiger charge is 2.21. The molecule has 0 aliphatic rings. The molecule has 10 rings (SSSR count). The van der Waals surface area contributed by atoms with E-state index < -0.39 is 0 Å². The first-order chi connectivity index (χ1) is 23.3. The molecule has 0 spiro atoms. The molecule has 2 heterocycles. The van der Waals surface area contributed by atoms with Crippen LogP contribution in [0, 0.1) is 0 Å². The topological polar surface area (TPSA) is 16.4 Å². The van der Waals surface area contributed by atoms with Crippen molar-refractivity contribution in [3.63, 3.8) is 0 Å². The van der Waals surface area contributed by atoms with Gasteiger partial charge in [-0.05, 0) is 75.8 Å². The van der Waals surface area contributed by atoms with Gasteiger partial charge in [-0.3, -0.25) is 0 Å².